The summed E-state index contributed by atoms with van der Waals surface area (Å²) >= 11 is 0. The number of sulfone groups is 1. The van der Waals surface area contributed by atoms with E-state index in [0.717, 1.165) is 6.07 Å². The first-order chi connectivity index (χ1) is 15.8. The van der Waals surface area contributed by atoms with Gasteiger partial charge in [-0.15, -0.1) is 5.06 Å². The maximum absolute atomic E-state index is 13.6. The number of hydrogen-bond acceptors (Lipinski definition) is 7. The van der Waals surface area contributed by atoms with Gasteiger partial charge in [0, 0.05) is 26.6 Å². The summed E-state index contributed by atoms with van der Waals surface area (Å²) in [6.07, 6.45) is -4.12. The van der Waals surface area contributed by atoms with Gasteiger partial charge in [-0.2, -0.15) is 13.2 Å². The van der Waals surface area contributed by atoms with Crippen LogP contribution in [0.25, 0.3) is 0 Å². The van der Waals surface area contributed by atoms with Gasteiger partial charge in [-0.3, -0.25) is 4.79 Å². The molecule has 186 valence electrons. The second-order valence-electron chi connectivity index (χ2n) is 7.78. The molecule has 0 radical (unpaired) electrons. The highest BCUT2D eigenvalue weighted by molar-refractivity contribution is 7.91. The summed E-state index contributed by atoms with van der Waals surface area (Å²) in [5.41, 5.74) is -1.46. The summed E-state index contributed by atoms with van der Waals surface area (Å²) in [5, 5.41) is 1.44. The Labute approximate surface area is 195 Å². The number of halogens is 3. The highest BCUT2D eigenvalue weighted by Gasteiger charge is 2.38. The van der Waals surface area contributed by atoms with Crippen LogP contribution in [0.15, 0.2) is 63.2 Å². The predicted molar refractivity (Wildman–Crippen MR) is 115 cm³/mol. The summed E-state index contributed by atoms with van der Waals surface area (Å²) in [7, 11) is -8.95. The molecule has 2 aromatic carbocycles. The third kappa shape index (κ3) is 6.14. The van der Waals surface area contributed by atoms with Gasteiger partial charge < -0.3 is 4.84 Å². The van der Waals surface area contributed by atoms with Crippen molar-refractivity contribution in [3.8, 4) is 0 Å². The van der Waals surface area contributed by atoms with Crippen molar-refractivity contribution < 1.29 is 39.6 Å². The van der Waals surface area contributed by atoms with E-state index in [-0.39, 0.29) is 17.4 Å². The van der Waals surface area contributed by atoms with Crippen LogP contribution in [0.4, 0.5) is 13.2 Å². The van der Waals surface area contributed by atoms with Crippen molar-refractivity contribution in [2.75, 3.05) is 19.6 Å². The molecule has 8 nitrogen and oxygen atoms in total. The van der Waals surface area contributed by atoms with Crippen molar-refractivity contribution >= 4 is 25.8 Å². The van der Waals surface area contributed by atoms with E-state index in [1.54, 1.807) is 6.07 Å². The molecule has 1 saturated heterocycles. The smallest absolute Gasteiger partial charge is 0.368 e. The SMILES string of the molecule is CC(=O)ON1CCC(CNS(=O)(=O)c2cc(S(=O)(=O)c3ccccc3)ccc2C(F)(F)F)CC1. The number of piperidine rings is 1. The molecule has 0 bridgehead atoms. The summed E-state index contributed by atoms with van der Waals surface area (Å²) in [5.74, 6) is -0.684. The lowest BCUT2D eigenvalue weighted by Crippen LogP contribution is -2.39. The molecule has 1 aliphatic heterocycles. The van der Waals surface area contributed by atoms with E-state index in [4.69, 9.17) is 4.84 Å². The molecule has 0 aromatic heterocycles. The molecule has 1 heterocycles. The highest BCUT2D eigenvalue weighted by atomic mass is 32.2. The topological polar surface area (TPSA) is 110 Å². The largest absolute Gasteiger partial charge is 0.417 e. The molecule has 13 heteroatoms. The van der Waals surface area contributed by atoms with Crippen LogP contribution in [0, 0.1) is 5.92 Å². The minimum Gasteiger partial charge on any atom is -0.368 e. The molecule has 0 saturated carbocycles. The molecule has 3 rings (SSSR count). The number of carbonyl (C=O) groups is 1. The molecular formula is C21H23F3N2O6S2. The number of nitrogens with one attached hydrogen (secondary N) is 1. The second kappa shape index (κ2) is 10.0. The van der Waals surface area contributed by atoms with Crippen molar-refractivity contribution in [2.45, 2.75) is 40.6 Å². The van der Waals surface area contributed by atoms with E-state index in [9.17, 15) is 34.8 Å². The van der Waals surface area contributed by atoms with Gasteiger partial charge in [-0.25, -0.2) is 21.6 Å². The van der Waals surface area contributed by atoms with Crippen molar-refractivity contribution in [1.82, 2.24) is 9.79 Å². The summed E-state index contributed by atoms with van der Waals surface area (Å²) in [4.78, 5) is 14.1. The Bertz CT molecular complexity index is 1240. The van der Waals surface area contributed by atoms with Crippen molar-refractivity contribution in [1.29, 1.82) is 0 Å². The van der Waals surface area contributed by atoms with Gasteiger partial charge in [0.05, 0.1) is 20.2 Å². The normalized spacial score (nSPS) is 16.4. The zero-order valence-corrected chi connectivity index (χ0v) is 19.7. The first-order valence-electron chi connectivity index (χ1n) is 10.3. The maximum Gasteiger partial charge on any atom is 0.417 e. The van der Waals surface area contributed by atoms with Crippen molar-refractivity contribution in [3.63, 3.8) is 0 Å². The van der Waals surface area contributed by atoms with Crippen molar-refractivity contribution in [3.05, 3.63) is 54.1 Å². The van der Waals surface area contributed by atoms with Crippen LogP contribution in [-0.2, 0) is 35.7 Å². The Morgan fingerprint density at radius 2 is 1.65 bits per heavy atom. The lowest BCUT2D eigenvalue weighted by Gasteiger charge is -2.30. The minimum atomic E-state index is -5.02. The Morgan fingerprint density at radius 1 is 1.03 bits per heavy atom. The number of carbonyl (C=O) groups excluding carboxylic acids is 1. The molecule has 0 atom stereocenters. The van der Waals surface area contributed by atoms with Crippen LogP contribution in [0.1, 0.15) is 25.3 Å². The summed E-state index contributed by atoms with van der Waals surface area (Å²) in [6.45, 7) is 1.81. The highest BCUT2D eigenvalue weighted by Crippen LogP contribution is 2.36. The standard InChI is InChI=1S/C21H23F3N2O6S2/c1-15(27)32-26-11-9-16(10-12-26)14-25-34(30,31)20-13-18(7-8-19(20)21(22,23)24)33(28,29)17-5-3-2-4-6-17/h2-8,13,16,25H,9-12,14H2,1H3. The van der Waals surface area contributed by atoms with E-state index in [1.165, 1.54) is 36.3 Å². The Morgan fingerprint density at radius 3 is 2.21 bits per heavy atom. The average Bonchev–Trinajstić information content (AvgIpc) is 2.78. The molecule has 34 heavy (non-hydrogen) atoms. The van der Waals surface area contributed by atoms with Crippen LogP contribution in [-0.4, -0.2) is 47.5 Å². The fraction of sp³-hybridized carbons (Fsp3) is 0.381. The Balaban J connectivity index is 1.86. The van der Waals surface area contributed by atoms with E-state index < -0.39 is 47.4 Å². The number of hydroxylamine groups is 2. The number of benzene rings is 2. The molecule has 1 fully saturated rings. The van der Waals surface area contributed by atoms with Crippen LogP contribution in [0.5, 0.6) is 0 Å². The zero-order valence-electron chi connectivity index (χ0n) is 18.1. The fourth-order valence-corrected chi connectivity index (χ4v) is 6.30. The van der Waals surface area contributed by atoms with E-state index in [1.807, 2.05) is 0 Å². The Kier molecular flexibility index (Phi) is 7.70. The zero-order chi connectivity index (χ0) is 25.1. The lowest BCUT2D eigenvalue weighted by molar-refractivity contribution is -0.193. The third-order valence-electron chi connectivity index (χ3n) is 5.30. The van der Waals surface area contributed by atoms with Crippen LogP contribution in [0.3, 0.4) is 0 Å². The lowest BCUT2D eigenvalue weighted by atomic mass is 9.98. The molecule has 2 aromatic rings. The molecule has 0 amide bonds. The average molecular weight is 521 g/mol. The van der Waals surface area contributed by atoms with Crippen LogP contribution < -0.4 is 4.72 Å². The monoisotopic (exact) mass is 520 g/mol. The van der Waals surface area contributed by atoms with Gasteiger partial charge in [-0.1, -0.05) is 18.2 Å². The van der Waals surface area contributed by atoms with Gasteiger partial charge in [0.25, 0.3) is 0 Å². The van der Waals surface area contributed by atoms with Crippen LogP contribution in [0.2, 0.25) is 0 Å². The fourth-order valence-electron chi connectivity index (χ4n) is 3.55. The van der Waals surface area contributed by atoms with Gasteiger partial charge in [0.15, 0.2) is 0 Å². The first-order valence-corrected chi connectivity index (χ1v) is 13.2. The quantitative estimate of drug-likeness (QED) is 0.598. The minimum absolute atomic E-state index is 0.150. The third-order valence-corrected chi connectivity index (χ3v) is 8.54. The van der Waals surface area contributed by atoms with Crippen molar-refractivity contribution in [2.24, 2.45) is 5.92 Å². The Hall–Kier alpha value is -2.48. The molecule has 1 N–H and O–H groups in total. The second-order valence-corrected chi connectivity index (χ2v) is 11.5. The molecule has 0 spiro atoms. The number of hydrogen-bond donors (Lipinski definition) is 1. The predicted octanol–water partition coefficient (Wildman–Crippen LogP) is 3.01. The van der Waals surface area contributed by atoms with Crippen LogP contribution >= 0.6 is 0 Å². The number of rotatable bonds is 7. The maximum atomic E-state index is 13.6. The van der Waals surface area contributed by atoms with Gasteiger partial charge in [-0.05, 0) is 49.1 Å². The van der Waals surface area contributed by atoms with Gasteiger partial charge in [0.1, 0.15) is 0 Å². The van der Waals surface area contributed by atoms with Gasteiger partial charge in [0.2, 0.25) is 19.9 Å². The van der Waals surface area contributed by atoms with E-state index in [2.05, 4.69) is 4.72 Å². The number of sulfonamides is 1. The molecule has 0 unspecified atom stereocenters. The molecule has 1 aliphatic rings. The summed E-state index contributed by atoms with van der Waals surface area (Å²) < 4.78 is 94.4. The van der Waals surface area contributed by atoms with E-state index in [0.29, 0.717) is 38.1 Å². The molecular weight excluding hydrogens is 497 g/mol. The molecule has 0 aliphatic carbocycles. The number of nitrogens with zero attached hydrogens (tertiary/aromatic N) is 1. The summed E-state index contributed by atoms with van der Waals surface area (Å²) in [6, 6.07) is 8.74. The first kappa shape index (κ1) is 26.1. The number of alkyl halides is 3. The van der Waals surface area contributed by atoms with E-state index >= 15 is 0 Å². The van der Waals surface area contributed by atoms with Gasteiger partial charge >= 0.3 is 12.1 Å².